The van der Waals surface area contributed by atoms with E-state index in [4.69, 9.17) is 17.2 Å². The van der Waals surface area contributed by atoms with Crippen molar-refractivity contribution in [1.82, 2.24) is 37.2 Å². The van der Waals surface area contributed by atoms with Gasteiger partial charge < -0.3 is 59.5 Å². The third kappa shape index (κ3) is 20.2. The molecule has 0 aliphatic carbocycles. The van der Waals surface area contributed by atoms with E-state index in [0.717, 1.165) is 0 Å². The molecule has 19 nitrogen and oxygen atoms in total. The minimum Gasteiger partial charge on any atom is -0.480 e. The molecule has 2 rings (SSSR count). The van der Waals surface area contributed by atoms with Crippen LogP contribution < -0.4 is 54.4 Å². The van der Waals surface area contributed by atoms with Crippen molar-refractivity contribution in [2.75, 3.05) is 26.2 Å². The molecule has 0 aliphatic heterocycles. The molecule has 6 atom stereocenters. The monoisotopic (exact) mass is 881 g/mol. The molecule has 0 aromatic heterocycles. The van der Waals surface area contributed by atoms with Crippen molar-refractivity contribution in [2.24, 2.45) is 29.0 Å². The summed E-state index contributed by atoms with van der Waals surface area (Å²) in [6.07, 6.45) is 2.63. The number of amides is 7. The van der Waals surface area contributed by atoms with E-state index in [0.29, 0.717) is 49.9 Å². The Balaban J connectivity index is 2.11. The zero-order valence-corrected chi connectivity index (χ0v) is 36.8. The molecular weight excluding hydrogens is 813 g/mol. The molecule has 0 spiro atoms. The fourth-order valence-electron chi connectivity index (χ4n) is 6.32. The summed E-state index contributed by atoms with van der Waals surface area (Å²) in [6.45, 7) is 6.48. The molecule has 2 aromatic rings. The Bertz CT molecular complexity index is 1780. The number of rotatable bonds is 29. The number of aliphatic carboxylic acids is 1. The lowest BCUT2D eigenvalue weighted by Crippen LogP contribution is -2.58. The van der Waals surface area contributed by atoms with Gasteiger partial charge in [-0.3, -0.25) is 33.6 Å². The Morgan fingerprint density at radius 2 is 0.937 bits per heavy atom. The number of nitrogens with two attached hydrogens (primary N) is 3. The standard InChI is InChI=1S/C44H68N10O9/c1-27(2)37(47)42(60)51-31(19-11-13-21-45)40(58)53-33(23-29-15-7-5-8-16-29)39(57)48-26-36(56)54-38(28(3)4)43(61)49-25-35(55)50-34(24-30-17-9-6-10-18-30)41(59)52-32(44(62)63)20-12-14-22-46/h5-10,15-18,27-28,31-34,37-38H,11-14,19-26,45-47H2,1-4H3,(H,48,57)(H,49,61)(H,50,55)(H,51,60)(H,52,59)(H,53,58)(H,54,56)(H,62,63)/t31-,32-,33-,34-,37+,38+/m1/s1. The fourth-order valence-corrected chi connectivity index (χ4v) is 6.32. The highest BCUT2D eigenvalue weighted by Gasteiger charge is 2.31. The molecule has 0 aliphatic rings. The van der Waals surface area contributed by atoms with E-state index in [9.17, 15) is 43.5 Å². The summed E-state index contributed by atoms with van der Waals surface area (Å²) in [6, 6.07) is 11.1. The van der Waals surface area contributed by atoms with Gasteiger partial charge in [-0.2, -0.15) is 0 Å². The fraction of sp³-hybridized carbons (Fsp3) is 0.545. The lowest BCUT2D eigenvalue weighted by atomic mass is 10.0. The highest BCUT2D eigenvalue weighted by molar-refractivity contribution is 5.96. The molecule has 0 bridgehead atoms. The summed E-state index contributed by atoms with van der Waals surface area (Å²) in [5.41, 5.74) is 18.6. The van der Waals surface area contributed by atoms with Gasteiger partial charge in [-0.1, -0.05) is 88.4 Å². The lowest BCUT2D eigenvalue weighted by Gasteiger charge is -2.25. The normalized spacial score (nSPS) is 13.9. The molecule has 0 fully saturated rings. The topological polar surface area (TPSA) is 319 Å². The van der Waals surface area contributed by atoms with Crippen molar-refractivity contribution < 1.29 is 43.5 Å². The maximum atomic E-state index is 13.6. The number of carbonyl (C=O) groups excluding carboxylic acids is 7. The van der Waals surface area contributed by atoms with E-state index < -0.39 is 103 Å². The predicted octanol–water partition coefficient (Wildman–Crippen LogP) is -0.890. The first kappa shape index (κ1) is 53.2. The Kier molecular flexibility index (Phi) is 24.2. The van der Waals surface area contributed by atoms with Gasteiger partial charge >= 0.3 is 5.97 Å². The van der Waals surface area contributed by atoms with Crippen molar-refractivity contribution in [2.45, 2.75) is 115 Å². The molecule has 0 unspecified atom stereocenters. The van der Waals surface area contributed by atoms with Crippen LogP contribution in [-0.4, -0.2) is 115 Å². The lowest BCUT2D eigenvalue weighted by molar-refractivity contribution is -0.142. The Hall–Kier alpha value is -5.92. The summed E-state index contributed by atoms with van der Waals surface area (Å²) < 4.78 is 0. The Morgan fingerprint density at radius 3 is 1.41 bits per heavy atom. The van der Waals surface area contributed by atoms with Crippen LogP contribution in [0.3, 0.4) is 0 Å². The van der Waals surface area contributed by atoms with E-state index >= 15 is 0 Å². The summed E-state index contributed by atoms with van der Waals surface area (Å²) in [7, 11) is 0. The molecular formula is C44H68N10O9. The van der Waals surface area contributed by atoms with Crippen molar-refractivity contribution in [1.29, 1.82) is 0 Å². The van der Waals surface area contributed by atoms with E-state index in [1.807, 2.05) is 0 Å². The van der Waals surface area contributed by atoms with Crippen LogP contribution in [0.2, 0.25) is 0 Å². The van der Waals surface area contributed by atoms with Crippen LogP contribution in [0.25, 0.3) is 0 Å². The molecule has 14 N–H and O–H groups in total. The van der Waals surface area contributed by atoms with Crippen molar-refractivity contribution in [3.63, 3.8) is 0 Å². The van der Waals surface area contributed by atoms with Gasteiger partial charge in [-0.25, -0.2) is 4.79 Å². The van der Waals surface area contributed by atoms with Crippen molar-refractivity contribution in [3.8, 4) is 0 Å². The van der Waals surface area contributed by atoms with Gasteiger partial charge in [-0.05, 0) is 74.6 Å². The van der Waals surface area contributed by atoms with Gasteiger partial charge in [-0.15, -0.1) is 0 Å². The maximum Gasteiger partial charge on any atom is 0.326 e. The van der Waals surface area contributed by atoms with Crippen LogP contribution in [0.5, 0.6) is 0 Å². The van der Waals surface area contributed by atoms with E-state index in [1.54, 1.807) is 88.4 Å². The van der Waals surface area contributed by atoms with Crippen LogP contribution in [0.1, 0.15) is 77.3 Å². The molecule has 0 saturated heterocycles. The number of hydrogen-bond acceptors (Lipinski definition) is 11. The summed E-state index contributed by atoms with van der Waals surface area (Å²) in [5, 5.41) is 27.8. The average molecular weight is 881 g/mol. The van der Waals surface area contributed by atoms with Crippen molar-refractivity contribution >= 4 is 47.3 Å². The number of carboxylic acids is 1. The van der Waals surface area contributed by atoms with Crippen LogP contribution in [0.15, 0.2) is 60.7 Å². The zero-order valence-electron chi connectivity index (χ0n) is 36.8. The Labute approximate surface area is 369 Å². The number of carboxylic acid groups (broad SMARTS) is 1. The van der Waals surface area contributed by atoms with Crippen LogP contribution in [0.4, 0.5) is 0 Å². The number of benzene rings is 2. The Morgan fingerprint density at radius 1 is 0.508 bits per heavy atom. The van der Waals surface area contributed by atoms with Crippen LogP contribution in [0, 0.1) is 11.8 Å². The second kappa shape index (κ2) is 28.6. The second-order valence-electron chi connectivity index (χ2n) is 16.1. The quantitative estimate of drug-likeness (QED) is 0.0444. The van der Waals surface area contributed by atoms with E-state index in [1.165, 1.54) is 0 Å². The first-order valence-corrected chi connectivity index (χ1v) is 21.5. The smallest absolute Gasteiger partial charge is 0.326 e. The summed E-state index contributed by atoms with van der Waals surface area (Å²) in [4.78, 5) is 105. The number of nitrogens with one attached hydrogen (secondary N) is 7. The van der Waals surface area contributed by atoms with Gasteiger partial charge in [0.05, 0.1) is 19.1 Å². The maximum absolute atomic E-state index is 13.6. The van der Waals surface area contributed by atoms with Gasteiger partial charge in [0.2, 0.25) is 41.4 Å². The first-order valence-electron chi connectivity index (χ1n) is 21.5. The van der Waals surface area contributed by atoms with Gasteiger partial charge in [0.15, 0.2) is 0 Å². The molecule has 0 heterocycles. The average Bonchev–Trinajstić information content (AvgIpc) is 3.25. The van der Waals surface area contributed by atoms with Gasteiger partial charge in [0, 0.05) is 12.8 Å². The van der Waals surface area contributed by atoms with Crippen molar-refractivity contribution in [3.05, 3.63) is 71.8 Å². The molecule has 0 saturated carbocycles. The third-order valence-electron chi connectivity index (χ3n) is 10.1. The SMILES string of the molecule is CC(C)[C@H](N)C(=O)N[C@H](CCCCN)C(=O)N[C@H](Cc1ccccc1)C(=O)NCC(=O)N[C@H](C(=O)NCC(=O)N[C@H](Cc1ccccc1)C(=O)N[C@H](CCCCN)C(=O)O)C(C)C. The largest absolute Gasteiger partial charge is 0.480 e. The highest BCUT2D eigenvalue weighted by Crippen LogP contribution is 2.10. The van der Waals surface area contributed by atoms with Gasteiger partial charge in [0.25, 0.3) is 0 Å². The first-order chi connectivity index (χ1) is 30.0. The summed E-state index contributed by atoms with van der Waals surface area (Å²) in [5.74, 6) is -6.65. The minimum atomic E-state index is -1.23. The van der Waals surface area contributed by atoms with Crippen LogP contribution in [-0.2, 0) is 51.2 Å². The third-order valence-corrected chi connectivity index (χ3v) is 10.1. The number of hydrogen-bond donors (Lipinski definition) is 11. The highest BCUT2D eigenvalue weighted by atomic mass is 16.4. The zero-order chi connectivity index (χ0) is 46.9. The minimum absolute atomic E-state index is 0.0344. The molecule has 0 radical (unpaired) electrons. The van der Waals surface area contributed by atoms with E-state index in [-0.39, 0.29) is 31.6 Å². The molecule has 348 valence electrons. The second-order valence-corrected chi connectivity index (χ2v) is 16.1. The molecule has 19 heteroatoms. The molecule has 63 heavy (non-hydrogen) atoms. The molecule has 7 amide bonds. The van der Waals surface area contributed by atoms with Crippen LogP contribution >= 0.6 is 0 Å². The summed E-state index contributed by atoms with van der Waals surface area (Å²) >= 11 is 0. The number of carbonyl (C=O) groups is 8. The number of unbranched alkanes of at least 4 members (excludes halogenated alkanes) is 2. The van der Waals surface area contributed by atoms with E-state index in [2.05, 4.69) is 37.2 Å². The molecule has 2 aromatic carbocycles. The predicted molar refractivity (Wildman–Crippen MR) is 237 cm³/mol. The van der Waals surface area contributed by atoms with Gasteiger partial charge in [0.1, 0.15) is 30.2 Å².